The number of carbonyl (C=O) groups excluding carboxylic acids is 1. The summed E-state index contributed by atoms with van der Waals surface area (Å²) in [5, 5.41) is 9.74. The van der Waals surface area contributed by atoms with Crippen molar-refractivity contribution in [1.29, 1.82) is 0 Å². The molecule has 2 atom stereocenters. The minimum Gasteiger partial charge on any atom is -0.490 e. The van der Waals surface area contributed by atoms with Crippen LogP contribution in [0.25, 0.3) is 0 Å². The van der Waals surface area contributed by atoms with Gasteiger partial charge in [-0.3, -0.25) is 20.1 Å². The van der Waals surface area contributed by atoms with Gasteiger partial charge < -0.3 is 15.6 Å². The van der Waals surface area contributed by atoms with Crippen molar-refractivity contribution in [2.75, 3.05) is 13.7 Å². The fourth-order valence-electron chi connectivity index (χ4n) is 3.86. The number of fused-ring (bicyclic) bond motifs is 1. The van der Waals surface area contributed by atoms with Gasteiger partial charge >= 0.3 is 0 Å². The number of carbonyl (C=O) groups is 1. The lowest BCUT2D eigenvalue weighted by Crippen LogP contribution is -2.50. The van der Waals surface area contributed by atoms with Crippen molar-refractivity contribution in [3.8, 4) is 18.6 Å². The van der Waals surface area contributed by atoms with Gasteiger partial charge in [-0.2, -0.15) is 0 Å². The molecule has 1 amide bonds. The molecule has 206 valence electrons. The average molecular weight is 525 g/mol. The van der Waals surface area contributed by atoms with E-state index in [9.17, 15) is 9.70 Å². The molecule has 1 aromatic heterocycles. The van der Waals surface area contributed by atoms with Gasteiger partial charge in [-0.25, -0.2) is 4.99 Å². The van der Waals surface area contributed by atoms with Crippen molar-refractivity contribution >= 4 is 11.9 Å². The van der Waals surface area contributed by atoms with E-state index >= 15 is 0 Å². The number of aliphatic hydroxyl groups excluding tert-OH is 1. The Labute approximate surface area is 225 Å². The number of ether oxygens (including phenoxy) is 1. The van der Waals surface area contributed by atoms with Crippen LogP contribution in [0.15, 0.2) is 65.1 Å². The topological polar surface area (TPSA) is 142 Å². The molecule has 4 N–H and O–H groups in total. The third-order valence-electron chi connectivity index (χ3n) is 5.68. The van der Waals surface area contributed by atoms with Crippen molar-refractivity contribution < 1.29 is 14.6 Å². The summed E-state index contributed by atoms with van der Waals surface area (Å²) in [7, 11) is 1.00. The molecule has 5 rings (SSSR count). The molecule has 0 radical (unpaired) electrons. The maximum Gasteiger partial charge on any atom is 0.231 e. The summed E-state index contributed by atoms with van der Waals surface area (Å²) < 4.78 is 5.62. The number of aromatic nitrogens is 1. The SMILES string of the molecule is C#C.CC1(C)CC(=O)N(CC2CC2)C(N)=N1.CC1CC(NN=O)c2ccccc2O1.CO.c1ccncc1. The molecule has 3 aliphatic rings. The number of nitroso groups, excluding NO2 is 1. The van der Waals surface area contributed by atoms with E-state index in [4.69, 9.17) is 15.6 Å². The molecule has 2 aliphatic heterocycles. The molecule has 1 aliphatic carbocycles. The van der Waals surface area contributed by atoms with Crippen LogP contribution < -0.4 is 15.9 Å². The summed E-state index contributed by atoms with van der Waals surface area (Å²) in [4.78, 5) is 31.7. The van der Waals surface area contributed by atoms with Crippen LogP contribution in [0.3, 0.4) is 0 Å². The van der Waals surface area contributed by atoms with Crippen molar-refractivity contribution in [2.24, 2.45) is 21.9 Å². The van der Waals surface area contributed by atoms with Gasteiger partial charge in [0.25, 0.3) is 0 Å². The molecule has 2 aromatic rings. The largest absolute Gasteiger partial charge is 0.490 e. The number of nitrogens with one attached hydrogen (secondary N) is 1. The Bertz CT molecular complexity index is 998. The number of hydrogen-bond donors (Lipinski definition) is 3. The molecule has 0 spiro atoms. The number of nitrogens with zero attached hydrogens (tertiary/aromatic N) is 4. The van der Waals surface area contributed by atoms with Gasteiger partial charge in [-0.1, -0.05) is 24.3 Å². The van der Waals surface area contributed by atoms with Gasteiger partial charge in [0.05, 0.1) is 29.4 Å². The van der Waals surface area contributed by atoms with E-state index in [0.29, 0.717) is 18.3 Å². The van der Waals surface area contributed by atoms with E-state index in [1.165, 1.54) is 12.8 Å². The molecule has 3 heterocycles. The molecule has 1 aromatic carbocycles. The molecule has 1 fully saturated rings. The molecule has 0 saturated heterocycles. The standard InChI is InChI=1S/C10H17N3O.C10H12N2O2.C5H5N.C2H2.CH4O/c1-10(2)5-8(14)13(9(11)12-10)6-7-3-4-7;1-7-6-9(11-12-13)8-4-2-3-5-10(8)14-7;1-2-4-6-5-3-1;2*1-2/h7H,3-6H2,1-2H3,(H2,11,12);2-5,7,9H,6H2,1H3,(H,11,13);1-5H;1-2H;2H,1H3. The highest BCUT2D eigenvalue weighted by molar-refractivity contribution is 5.99. The molecule has 38 heavy (non-hydrogen) atoms. The highest BCUT2D eigenvalue weighted by Crippen LogP contribution is 2.34. The van der Waals surface area contributed by atoms with Crippen LogP contribution in [0.1, 0.15) is 58.1 Å². The quantitative estimate of drug-likeness (QED) is 0.313. The maximum atomic E-state index is 11.7. The number of nitrogens with two attached hydrogens (primary N) is 1. The summed E-state index contributed by atoms with van der Waals surface area (Å²) in [5.74, 6) is 2.02. The minimum absolute atomic E-state index is 0.0209. The first-order valence-electron chi connectivity index (χ1n) is 12.4. The zero-order chi connectivity index (χ0) is 28.6. The second-order valence-corrected chi connectivity index (χ2v) is 9.41. The molecule has 10 heteroatoms. The van der Waals surface area contributed by atoms with Gasteiger partial charge in [0.2, 0.25) is 5.91 Å². The number of para-hydroxylation sites is 1. The summed E-state index contributed by atoms with van der Waals surface area (Å²) in [6.07, 6.45) is 15.3. The van der Waals surface area contributed by atoms with E-state index in [0.717, 1.165) is 31.4 Å². The fourth-order valence-corrected chi connectivity index (χ4v) is 3.86. The zero-order valence-electron chi connectivity index (χ0n) is 22.7. The van der Waals surface area contributed by atoms with Gasteiger partial charge in [0.15, 0.2) is 5.96 Å². The normalized spacial score (nSPS) is 20.2. The minimum atomic E-state index is -0.318. The van der Waals surface area contributed by atoms with E-state index in [1.54, 1.807) is 17.3 Å². The Hall–Kier alpha value is -3.97. The first-order valence-corrected chi connectivity index (χ1v) is 12.4. The lowest BCUT2D eigenvalue weighted by molar-refractivity contribution is -0.129. The lowest BCUT2D eigenvalue weighted by Gasteiger charge is -2.32. The number of aliphatic imine (C=N–C) groups is 1. The van der Waals surface area contributed by atoms with Crippen molar-refractivity contribution in [2.45, 2.75) is 64.1 Å². The van der Waals surface area contributed by atoms with Gasteiger partial charge in [0.1, 0.15) is 5.75 Å². The average Bonchev–Trinajstić information content (AvgIpc) is 3.74. The first kappa shape index (κ1) is 32.1. The van der Waals surface area contributed by atoms with Gasteiger partial charge in [-0.05, 0) is 57.7 Å². The number of aliphatic hydroxyl groups is 1. The van der Waals surface area contributed by atoms with Crippen LogP contribution in [0.4, 0.5) is 0 Å². The van der Waals surface area contributed by atoms with Crippen LogP contribution in [0.2, 0.25) is 0 Å². The second kappa shape index (κ2) is 16.7. The third kappa shape index (κ3) is 11.0. The lowest BCUT2D eigenvalue weighted by atomic mass is 9.98. The van der Waals surface area contributed by atoms with Crippen molar-refractivity contribution in [3.05, 3.63) is 65.3 Å². The number of terminal acetylenes is 1. The smallest absolute Gasteiger partial charge is 0.231 e. The summed E-state index contributed by atoms with van der Waals surface area (Å²) in [5.41, 5.74) is 9.02. The summed E-state index contributed by atoms with van der Waals surface area (Å²) >= 11 is 0. The van der Waals surface area contributed by atoms with Crippen LogP contribution >= 0.6 is 0 Å². The zero-order valence-corrected chi connectivity index (χ0v) is 22.7. The Morgan fingerprint density at radius 1 is 1.16 bits per heavy atom. The number of benzene rings is 1. The van der Waals surface area contributed by atoms with Gasteiger partial charge in [-0.15, -0.1) is 17.8 Å². The number of hydrogen-bond acceptors (Lipinski definition) is 8. The third-order valence-corrected chi connectivity index (χ3v) is 5.68. The molecule has 0 bridgehead atoms. The summed E-state index contributed by atoms with van der Waals surface area (Å²) in [6.45, 7) is 6.62. The monoisotopic (exact) mass is 524 g/mol. The van der Waals surface area contributed by atoms with Crippen LogP contribution in [0, 0.1) is 23.7 Å². The highest BCUT2D eigenvalue weighted by Gasteiger charge is 2.35. The second-order valence-electron chi connectivity index (χ2n) is 9.41. The van der Waals surface area contributed by atoms with E-state index < -0.39 is 0 Å². The van der Waals surface area contributed by atoms with E-state index in [-0.39, 0.29) is 23.6 Å². The molecular formula is C28H40N6O4. The number of pyridine rings is 1. The predicted octanol–water partition coefficient (Wildman–Crippen LogP) is 3.83. The highest BCUT2D eigenvalue weighted by atomic mass is 16.5. The molecule has 10 nitrogen and oxygen atoms in total. The first-order chi connectivity index (χ1) is 18.3. The Morgan fingerprint density at radius 2 is 1.79 bits per heavy atom. The molecule has 2 unspecified atom stereocenters. The molecule has 1 saturated carbocycles. The number of guanidine groups is 1. The van der Waals surface area contributed by atoms with Crippen LogP contribution in [-0.4, -0.2) is 52.2 Å². The molecular weight excluding hydrogens is 484 g/mol. The van der Waals surface area contributed by atoms with E-state index in [1.807, 2.05) is 63.2 Å². The predicted molar refractivity (Wildman–Crippen MR) is 150 cm³/mol. The number of amides is 1. The Balaban J connectivity index is 0.000000284. The van der Waals surface area contributed by atoms with Crippen LogP contribution in [0.5, 0.6) is 5.75 Å². The maximum absolute atomic E-state index is 11.7. The fraction of sp³-hybridized carbons (Fsp3) is 0.464. The van der Waals surface area contributed by atoms with E-state index in [2.05, 4.69) is 33.5 Å². The Morgan fingerprint density at radius 3 is 2.29 bits per heavy atom. The Kier molecular flexibility index (Phi) is 14.1. The van der Waals surface area contributed by atoms with Gasteiger partial charge in [0, 0.05) is 38.0 Å². The van der Waals surface area contributed by atoms with Crippen molar-refractivity contribution in [3.63, 3.8) is 0 Å². The summed E-state index contributed by atoms with van der Waals surface area (Å²) in [6, 6.07) is 13.4. The number of rotatable bonds is 4. The van der Waals surface area contributed by atoms with Crippen molar-refractivity contribution in [1.82, 2.24) is 15.3 Å². The van der Waals surface area contributed by atoms with Crippen LogP contribution in [-0.2, 0) is 4.79 Å².